The zero-order chi connectivity index (χ0) is 8.43. The lowest BCUT2D eigenvalue weighted by Gasteiger charge is -2.44. The van der Waals surface area contributed by atoms with E-state index in [4.69, 9.17) is 0 Å². The van der Waals surface area contributed by atoms with Crippen LogP contribution in [0.1, 0.15) is 6.42 Å². The first-order valence-corrected chi connectivity index (χ1v) is 3.76. The van der Waals surface area contributed by atoms with Crippen LogP contribution in [-0.2, 0) is 4.79 Å². The number of hydrogen-bond donors (Lipinski definition) is 0. The van der Waals surface area contributed by atoms with Crippen molar-refractivity contribution in [2.75, 3.05) is 20.6 Å². The van der Waals surface area contributed by atoms with Crippen LogP contribution in [0.25, 0.3) is 0 Å². The molecule has 0 aliphatic carbocycles. The van der Waals surface area contributed by atoms with Gasteiger partial charge in [0.15, 0.2) is 0 Å². The van der Waals surface area contributed by atoms with E-state index >= 15 is 0 Å². The summed E-state index contributed by atoms with van der Waals surface area (Å²) in [5, 5.41) is 0. The fourth-order valence-electron chi connectivity index (χ4n) is 1.28. The van der Waals surface area contributed by atoms with E-state index in [9.17, 15) is 4.79 Å². The molecule has 0 aromatic heterocycles. The molecule has 0 bridgehead atoms. The van der Waals surface area contributed by atoms with Gasteiger partial charge in [0.25, 0.3) is 0 Å². The molecule has 0 saturated carbocycles. The van der Waals surface area contributed by atoms with Gasteiger partial charge >= 0.3 is 0 Å². The number of carbonyl (C=O) groups is 1. The number of carbonyl (C=O) groups excluding carboxylic acids is 1. The zero-order valence-electron chi connectivity index (χ0n) is 7.08. The molecule has 3 nitrogen and oxygen atoms in total. The molecule has 1 aliphatic rings. The van der Waals surface area contributed by atoms with E-state index in [1.807, 2.05) is 23.9 Å². The first-order chi connectivity index (χ1) is 5.16. The van der Waals surface area contributed by atoms with Crippen molar-refractivity contribution in [1.29, 1.82) is 0 Å². The SMILES string of the molecule is C=CC(=O)N1CCC1N(C)C. The summed E-state index contributed by atoms with van der Waals surface area (Å²) in [6.07, 6.45) is 2.74. The van der Waals surface area contributed by atoms with E-state index < -0.39 is 0 Å². The second-order valence-corrected chi connectivity index (χ2v) is 2.97. The Labute approximate surface area is 67.3 Å². The number of nitrogens with zero attached hydrogens (tertiary/aromatic N) is 2. The van der Waals surface area contributed by atoms with E-state index in [1.165, 1.54) is 6.08 Å². The first kappa shape index (κ1) is 8.27. The lowest BCUT2D eigenvalue weighted by Crippen LogP contribution is -2.57. The summed E-state index contributed by atoms with van der Waals surface area (Å²) in [6.45, 7) is 4.32. The third-order valence-corrected chi connectivity index (χ3v) is 2.04. The van der Waals surface area contributed by atoms with Crippen LogP contribution in [0.15, 0.2) is 12.7 Å². The number of hydrogen-bond acceptors (Lipinski definition) is 2. The standard InChI is InChI=1S/C8H14N2O/c1-4-8(11)10-6-5-7(10)9(2)3/h4,7H,1,5-6H2,2-3H3. The third-order valence-electron chi connectivity index (χ3n) is 2.04. The number of rotatable bonds is 2. The van der Waals surface area contributed by atoms with Crippen LogP contribution >= 0.6 is 0 Å². The van der Waals surface area contributed by atoms with Crippen molar-refractivity contribution in [3.63, 3.8) is 0 Å². The summed E-state index contributed by atoms with van der Waals surface area (Å²) >= 11 is 0. The van der Waals surface area contributed by atoms with E-state index in [2.05, 4.69) is 6.58 Å². The predicted octanol–water partition coefficient (Wildman–Crippen LogP) is 0.292. The van der Waals surface area contributed by atoms with Gasteiger partial charge in [-0.2, -0.15) is 0 Å². The van der Waals surface area contributed by atoms with Crippen molar-refractivity contribution in [3.05, 3.63) is 12.7 Å². The molecule has 62 valence electrons. The molecule has 1 saturated heterocycles. The normalized spacial score (nSPS) is 23.2. The second kappa shape index (κ2) is 3.05. The average Bonchev–Trinajstić information content (AvgIpc) is 1.83. The molecular weight excluding hydrogens is 140 g/mol. The molecule has 0 aromatic carbocycles. The first-order valence-electron chi connectivity index (χ1n) is 3.76. The maximum atomic E-state index is 11.1. The lowest BCUT2D eigenvalue weighted by atomic mass is 10.1. The monoisotopic (exact) mass is 154 g/mol. The van der Waals surface area contributed by atoms with Crippen LogP contribution in [0.5, 0.6) is 0 Å². The highest BCUT2D eigenvalue weighted by molar-refractivity contribution is 5.87. The minimum Gasteiger partial charge on any atom is -0.323 e. The van der Waals surface area contributed by atoms with Crippen molar-refractivity contribution in [1.82, 2.24) is 9.80 Å². The fraction of sp³-hybridized carbons (Fsp3) is 0.625. The molecular formula is C8H14N2O. The van der Waals surface area contributed by atoms with Crippen LogP contribution in [0.2, 0.25) is 0 Å². The fourth-order valence-corrected chi connectivity index (χ4v) is 1.28. The highest BCUT2D eigenvalue weighted by Gasteiger charge is 2.31. The zero-order valence-corrected chi connectivity index (χ0v) is 7.08. The molecule has 1 amide bonds. The van der Waals surface area contributed by atoms with Crippen LogP contribution in [0.3, 0.4) is 0 Å². The van der Waals surface area contributed by atoms with Crippen molar-refractivity contribution in [3.8, 4) is 0 Å². The van der Waals surface area contributed by atoms with Crippen LogP contribution < -0.4 is 0 Å². The number of likely N-dealkylation sites (tertiary alicyclic amines) is 1. The smallest absolute Gasteiger partial charge is 0.247 e. The Balaban J connectivity index is 2.49. The molecule has 11 heavy (non-hydrogen) atoms. The minimum absolute atomic E-state index is 0.0370. The maximum absolute atomic E-state index is 11.1. The number of amides is 1. The van der Waals surface area contributed by atoms with E-state index in [0.717, 1.165) is 13.0 Å². The molecule has 1 atom stereocenters. The van der Waals surface area contributed by atoms with Gasteiger partial charge in [-0.05, 0) is 26.6 Å². The summed E-state index contributed by atoms with van der Waals surface area (Å²) in [5.74, 6) is 0.0370. The molecule has 1 heterocycles. The van der Waals surface area contributed by atoms with Gasteiger partial charge in [0, 0.05) is 6.54 Å². The highest BCUT2D eigenvalue weighted by atomic mass is 16.2. The molecule has 1 rings (SSSR count). The third kappa shape index (κ3) is 1.43. The molecule has 0 aromatic rings. The second-order valence-electron chi connectivity index (χ2n) is 2.97. The van der Waals surface area contributed by atoms with Gasteiger partial charge in [-0.15, -0.1) is 0 Å². The van der Waals surface area contributed by atoms with Gasteiger partial charge in [-0.3, -0.25) is 9.69 Å². The summed E-state index contributed by atoms with van der Waals surface area (Å²) < 4.78 is 0. The quantitative estimate of drug-likeness (QED) is 0.534. The molecule has 0 spiro atoms. The Morgan fingerprint density at radius 1 is 1.73 bits per heavy atom. The Bertz CT molecular complexity index is 177. The van der Waals surface area contributed by atoms with Gasteiger partial charge in [-0.25, -0.2) is 0 Å². The molecule has 1 unspecified atom stereocenters. The highest BCUT2D eigenvalue weighted by Crippen LogP contribution is 2.18. The van der Waals surface area contributed by atoms with Gasteiger partial charge in [0.2, 0.25) is 5.91 Å². The molecule has 0 radical (unpaired) electrons. The van der Waals surface area contributed by atoms with Crippen molar-refractivity contribution >= 4 is 5.91 Å². The molecule has 3 heteroatoms. The average molecular weight is 154 g/mol. The van der Waals surface area contributed by atoms with Gasteiger partial charge in [0.05, 0.1) is 6.17 Å². The van der Waals surface area contributed by atoms with Crippen LogP contribution in [-0.4, -0.2) is 42.5 Å². The Morgan fingerprint density at radius 2 is 2.36 bits per heavy atom. The Hall–Kier alpha value is -0.830. The summed E-state index contributed by atoms with van der Waals surface area (Å²) in [6, 6.07) is 0. The Morgan fingerprint density at radius 3 is 2.64 bits per heavy atom. The molecule has 0 N–H and O–H groups in total. The Kier molecular flexibility index (Phi) is 2.29. The lowest BCUT2D eigenvalue weighted by molar-refractivity contribution is -0.139. The summed E-state index contributed by atoms with van der Waals surface area (Å²) in [5.41, 5.74) is 0. The van der Waals surface area contributed by atoms with E-state index in [1.54, 1.807) is 0 Å². The van der Waals surface area contributed by atoms with Crippen molar-refractivity contribution in [2.45, 2.75) is 12.6 Å². The maximum Gasteiger partial charge on any atom is 0.247 e. The summed E-state index contributed by atoms with van der Waals surface area (Å²) in [4.78, 5) is 14.9. The van der Waals surface area contributed by atoms with E-state index in [-0.39, 0.29) is 5.91 Å². The minimum atomic E-state index is 0.0370. The predicted molar refractivity (Wildman–Crippen MR) is 44.0 cm³/mol. The van der Waals surface area contributed by atoms with Crippen molar-refractivity contribution < 1.29 is 4.79 Å². The topological polar surface area (TPSA) is 23.6 Å². The largest absolute Gasteiger partial charge is 0.323 e. The van der Waals surface area contributed by atoms with Crippen LogP contribution in [0, 0.1) is 0 Å². The van der Waals surface area contributed by atoms with Crippen molar-refractivity contribution in [2.24, 2.45) is 0 Å². The summed E-state index contributed by atoms with van der Waals surface area (Å²) in [7, 11) is 3.96. The van der Waals surface area contributed by atoms with Gasteiger partial charge in [0.1, 0.15) is 0 Å². The van der Waals surface area contributed by atoms with Gasteiger partial charge in [-0.1, -0.05) is 6.58 Å². The molecule has 1 fully saturated rings. The van der Waals surface area contributed by atoms with E-state index in [0.29, 0.717) is 6.17 Å². The molecule has 1 aliphatic heterocycles. The van der Waals surface area contributed by atoms with Gasteiger partial charge < -0.3 is 4.90 Å². The van der Waals surface area contributed by atoms with Crippen LogP contribution in [0.4, 0.5) is 0 Å².